The van der Waals surface area contributed by atoms with Crippen molar-refractivity contribution in [2.45, 2.75) is 96.7 Å². The minimum Gasteiger partial charge on any atom is -0.446 e. The fourth-order valence-electron chi connectivity index (χ4n) is 4.59. The highest BCUT2D eigenvalue weighted by Crippen LogP contribution is 2.29. The molecule has 176 valence electrons. The standard InChI is InChI=1S/C23H39N3O5/c1-4-5-16-6-8-19(9-7-16)31-23(30)26-20(12-15(2)3)22(29)25-18(14-27)13-17-10-11-24-21(17)28/h14-20H,4-13H2,1-3H3,(H,24,28)(H,25,29)(H,26,30)/t16?,17-,18?,19?,20?/m0/s1. The van der Waals surface area contributed by atoms with E-state index in [-0.39, 0.29) is 30.3 Å². The van der Waals surface area contributed by atoms with Crippen molar-refractivity contribution < 1.29 is 23.9 Å². The van der Waals surface area contributed by atoms with E-state index in [9.17, 15) is 19.2 Å². The summed E-state index contributed by atoms with van der Waals surface area (Å²) in [5, 5.41) is 8.12. The summed E-state index contributed by atoms with van der Waals surface area (Å²) in [6.07, 6.45) is 7.55. The molecular formula is C23H39N3O5. The molecule has 3 atom stereocenters. The summed E-state index contributed by atoms with van der Waals surface area (Å²) in [6, 6.07) is -1.55. The van der Waals surface area contributed by atoms with Gasteiger partial charge in [0, 0.05) is 12.5 Å². The third-order valence-corrected chi connectivity index (χ3v) is 6.27. The first-order valence-electron chi connectivity index (χ1n) is 11.8. The SMILES string of the molecule is CCCC1CCC(OC(=O)NC(CC(C)C)C(=O)NC(C=O)C[C@@H]2CCNC2=O)CC1. The van der Waals surface area contributed by atoms with Crippen LogP contribution in [0.3, 0.4) is 0 Å². The molecule has 1 heterocycles. The predicted molar refractivity (Wildman–Crippen MR) is 117 cm³/mol. The molecule has 2 fully saturated rings. The Morgan fingerprint density at radius 3 is 2.42 bits per heavy atom. The zero-order valence-electron chi connectivity index (χ0n) is 19.2. The molecule has 8 heteroatoms. The lowest BCUT2D eigenvalue weighted by Gasteiger charge is -2.29. The number of nitrogens with one attached hydrogen (secondary N) is 3. The maximum atomic E-state index is 12.8. The zero-order chi connectivity index (χ0) is 22.8. The first-order valence-corrected chi connectivity index (χ1v) is 11.8. The van der Waals surface area contributed by atoms with Gasteiger partial charge in [0.05, 0.1) is 6.04 Å². The molecule has 1 aliphatic heterocycles. The maximum absolute atomic E-state index is 12.8. The summed E-state index contributed by atoms with van der Waals surface area (Å²) in [4.78, 5) is 48.5. The molecule has 0 radical (unpaired) electrons. The summed E-state index contributed by atoms with van der Waals surface area (Å²) in [6.45, 7) is 6.70. The number of alkyl carbamates (subject to hydrolysis) is 1. The third kappa shape index (κ3) is 8.50. The van der Waals surface area contributed by atoms with E-state index in [1.807, 2.05) is 13.8 Å². The van der Waals surface area contributed by atoms with Gasteiger partial charge in [-0.15, -0.1) is 0 Å². The van der Waals surface area contributed by atoms with Gasteiger partial charge in [0.25, 0.3) is 0 Å². The number of amides is 3. The fourth-order valence-corrected chi connectivity index (χ4v) is 4.59. The average Bonchev–Trinajstić information content (AvgIpc) is 3.12. The van der Waals surface area contributed by atoms with Gasteiger partial charge in [-0.25, -0.2) is 4.79 Å². The van der Waals surface area contributed by atoms with Crippen LogP contribution in [0.2, 0.25) is 0 Å². The van der Waals surface area contributed by atoms with Gasteiger partial charge < -0.3 is 25.5 Å². The second-order valence-corrected chi connectivity index (χ2v) is 9.43. The zero-order valence-corrected chi connectivity index (χ0v) is 19.2. The van der Waals surface area contributed by atoms with Gasteiger partial charge in [-0.1, -0.05) is 33.6 Å². The molecule has 0 aromatic carbocycles. The van der Waals surface area contributed by atoms with E-state index in [0.29, 0.717) is 25.7 Å². The van der Waals surface area contributed by atoms with Crippen LogP contribution in [0.25, 0.3) is 0 Å². The van der Waals surface area contributed by atoms with E-state index in [0.717, 1.165) is 31.6 Å². The maximum Gasteiger partial charge on any atom is 0.408 e. The molecule has 2 aliphatic rings. The first-order chi connectivity index (χ1) is 14.8. The summed E-state index contributed by atoms with van der Waals surface area (Å²) in [5.41, 5.74) is 0. The van der Waals surface area contributed by atoms with Crippen molar-refractivity contribution in [1.29, 1.82) is 0 Å². The molecule has 2 unspecified atom stereocenters. The quantitative estimate of drug-likeness (QED) is 0.430. The van der Waals surface area contributed by atoms with Crippen LogP contribution in [-0.2, 0) is 19.1 Å². The molecule has 0 aromatic rings. The van der Waals surface area contributed by atoms with Crippen molar-refractivity contribution >= 4 is 24.2 Å². The van der Waals surface area contributed by atoms with Crippen LogP contribution in [0, 0.1) is 17.8 Å². The Labute approximate surface area is 185 Å². The van der Waals surface area contributed by atoms with Gasteiger partial charge in [-0.3, -0.25) is 9.59 Å². The third-order valence-electron chi connectivity index (χ3n) is 6.27. The highest BCUT2D eigenvalue weighted by atomic mass is 16.6. The number of carbonyl (C=O) groups is 4. The van der Waals surface area contributed by atoms with Crippen molar-refractivity contribution in [2.24, 2.45) is 17.8 Å². The lowest BCUT2D eigenvalue weighted by Crippen LogP contribution is -2.51. The van der Waals surface area contributed by atoms with Crippen molar-refractivity contribution in [3.63, 3.8) is 0 Å². The normalized spacial score (nSPS) is 25.4. The molecule has 1 saturated heterocycles. The fraction of sp³-hybridized carbons (Fsp3) is 0.826. The number of hydrogen-bond acceptors (Lipinski definition) is 5. The number of carbonyl (C=O) groups excluding carboxylic acids is 4. The van der Waals surface area contributed by atoms with E-state index >= 15 is 0 Å². The number of aldehydes is 1. The van der Waals surface area contributed by atoms with Crippen LogP contribution >= 0.6 is 0 Å². The minimum atomic E-state index is -0.788. The Balaban J connectivity index is 1.86. The molecule has 31 heavy (non-hydrogen) atoms. The predicted octanol–water partition coefficient (Wildman–Crippen LogP) is 2.70. The topological polar surface area (TPSA) is 114 Å². The first kappa shape index (κ1) is 25.1. The van der Waals surface area contributed by atoms with E-state index in [1.54, 1.807) is 0 Å². The Kier molecular flexibility index (Phi) is 10.3. The van der Waals surface area contributed by atoms with Crippen LogP contribution in [-0.4, -0.2) is 48.9 Å². The molecule has 1 aliphatic carbocycles. The number of rotatable bonds is 11. The molecule has 0 spiro atoms. The summed E-state index contributed by atoms with van der Waals surface area (Å²) in [7, 11) is 0. The van der Waals surface area contributed by atoms with Gasteiger partial charge in [0.15, 0.2) is 0 Å². The van der Waals surface area contributed by atoms with Crippen LogP contribution in [0.4, 0.5) is 4.79 Å². The van der Waals surface area contributed by atoms with Gasteiger partial charge in [-0.2, -0.15) is 0 Å². The Morgan fingerprint density at radius 2 is 1.87 bits per heavy atom. The van der Waals surface area contributed by atoms with Crippen LogP contribution in [0.15, 0.2) is 0 Å². The van der Waals surface area contributed by atoms with Crippen molar-refractivity contribution in [2.75, 3.05) is 6.54 Å². The van der Waals surface area contributed by atoms with Crippen molar-refractivity contribution in [3.05, 3.63) is 0 Å². The van der Waals surface area contributed by atoms with Crippen LogP contribution in [0.1, 0.15) is 78.6 Å². The Morgan fingerprint density at radius 1 is 1.16 bits per heavy atom. The molecule has 8 nitrogen and oxygen atoms in total. The molecular weight excluding hydrogens is 398 g/mol. The largest absolute Gasteiger partial charge is 0.446 e. The van der Waals surface area contributed by atoms with Crippen LogP contribution < -0.4 is 16.0 Å². The van der Waals surface area contributed by atoms with Gasteiger partial charge in [0.1, 0.15) is 18.4 Å². The number of hydrogen-bond donors (Lipinski definition) is 3. The highest BCUT2D eigenvalue weighted by Gasteiger charge is 2.31. The monoisotopic (exact) mass is 437 g/mol. The average molecular weight is 438 g/mol. The Hall–Kier alpha value is -2.12. The number of ether oxygens (including phenoxy) is 1. The summed E-state index contributed by atoms with van der Waals surface area (Å²) in [5.74, 6) is 0.0910. The second-order valence-electron chi connectivity index (χ2n) is 9.43. The van der Waals surface area contributed by atoms with Gasteiger partial charge >= 0.3 is 6.09 Å². The highest BCUT2D eigenvalue weighted by molar-refractivity contribution is 5.88. The van der Waals surface area contributed by atoms with Crippen LogP contribution in [0.5, 0.6) is 0 Å². The second kappa shape index (κ2) is 12.7. The summed E-state index contributed by atoms with van der Waals surface area (Å²) < 4.78 is 5.58. The van der Waals surface area contributed by atoms with E-state index < -0.39 is 24.1 Å². The van der Waals surface area contributed by atoms with Gasteiger partial charge in [-0.05, 0) is 56.8 Å². The molecule has 2 rings (SSSR count). The molecule has 3 amide bonds. The molecule has 1 saturated carbocycles. The lowest BCUT2D eigenvalue weighted by atomic mass is 9.85. The van der Waals surface area contributed by atoms with Crippen molar-refractivity contribution in [3.8, 4) is 0 Å². The Bertz CT molecular complexity index is 616. The van der Waals surface area contributed by atoms with E-state index in [4.69, 9.17) is 4.74 Å². The van der Waals surface area contributed by atoms with E-state index in [2.05, 4.69) is 22.9 Å². The van der Waals surface area contributed by atoms with Crippen molar-refractivity contribution in [1.82, 2.24) is 16.0 Å². The molecule has 0 bridgehead atoms. The molecule has 3 N–H and O–H groups in total. The van der Waals surface area contributed by atoms with E-state index in [1.165, 1.54) is 12.8 Å². The smallest absolute Gasteiger partial charge is 0.408 e. The van der Waals surface area contributed by atoms with Gasteiger partial charge in [0.2, 0.25) is 11.8 Å². The summed E-state index contributed by atoms with van der Waals surface area (Å²) >= 11 is 0. The minimum absolute atomic E-state index is 0.0878. The molecule has 0 aromatic heterocycles. The lowest BCUT2D eigenvalue weighted by molar-refractivity contribution is -0.127.